The molecule has 0 fully saturated rings. The summed E-state index contributed by atoms with van der Waals surface area (Å²) in [4.78, 5) is 2.18. The summed E-state index contributed by atoms with van der Waals surface area (Å²) in [6, 6.07) is 0. The van der Waals surface area contributed by atoms with Crippen LogP contribution in [0.3, 0.4) is 0 Å². The van der Waals surface area contributed by atoms with E-state index in [2.05, 4.69) is 42.8 Å². The Morgan fingerprint density at radius 2 is 2.17 bits per heavy atom. The summed E-state index contributed by atoms with van der Waals surface area (Å²) in [5, 5.41) is 6.44. The molecular weight excluding hydrogens is 150 g/mol. The topological polar surface area (TPSA) is 18.8 Å². The van der Waals surface area contributed by atoms with E-state index in [1.165, 1.54) is 6.42 Å². The van der Waals surface area contributed by atoms with Crippen molar-refractivity contribution in [3.8, 4) is 0 Å². The van der Waals surface area contributed by atoms with Crippen LogP contribution in [0.15, 0.2) is 5.10 Å². The first kappa shape index (κ1) is 9.36. The van der Waals surface area contributed by atoms with Gasteiger partial charge in [0.25, 0.3) is 0 Å². The van der Waals surface area contributed by atoms with E-state index >= 15 is 0 Å². The normalized spacial score (nSPS) is 22.9. The first-order chi connectivity index (χ1) is 5.65. The molecule has 1 heterocycles. The summed E-state index contributed by atoms with van der Waals surface area (Å²) in [5.74, 6) is 0.730. The molecule has 0 amide bonds. The number of rotatable bonds is 3. The predicted octanol–water partition coefficient (Wildman–Crippen LogP) is 1.57. The fraction of sp³-hybridized carbons (Fsp3) is 0.889. The third-order valence-electron chi connectivity index (χ3n) is 2.20. The first-order valence-corrected chi connectivity index (χ1v) is 4.67. The quantitative estimate of drug-likeness (QED) is 0.638. The standard InChI is InChI=1S/C9H19N3/c1-5-12-9(6-8(2)3)11(4)7-10-12/h7-9H,5-6H2,1-4H3. The summed E-state index contributed by atoms with van der Waals surface area (Å²) in [6.45, 7) is 7.64. The van der Waals surface area contributed by atoms with Gasteiger partial charge in [0, 0.05) is 13.6 Å². The van der Waals surface area contributed by atoms with E-state index in [1.54, 1.807) is 0 Å². The van der Waals surface area contributed by atoms with Gasteiger partial charge in [-0.1, -0.05) is 13.8 Å². The molecule has 0 aromatic carbocycles. The zero-order chi connectivity index (χ0) is 9.14. The van der Waals surface area contributed by atoms with Crippen molar-refractivity contribution in [2.75, 3.05) is 13.6 Å². The Morgan fingerprint density at radius 3 is 2.67 bits per heavy atom. The van der Waals surface area contributed by atoms with E-state index in [0.29, 0.717) is 6.17 Å². The van der Waals surface area contributed by atoms with Crippen LogP contribution < -0.4 is 0 Å². The SMILES string of the molecule is CCN1N=CN(C)C1CC(C)C. The minimum absolute atomic E-state index is 0.481. The van der Waals surface area contributed by atoms with Crippen LogP contribution in [0, 0.1) is 5.92 Å². The lowest BCUT2D eigenvalue weighted by atomic mass is 10.1. The number of hydrogen-bond acceptors (Lipinski definition) is 3. The maximum Gasteiger partial charge on any atom is 0.119 e. The molecule has 1 atom stereocenters. The largest absolute Gasteiger partial charge is 0.343 e. The summed E-state index contributed by atoms with van der Waals surface area (Å²) >= 11 is 0. The van der Waals surface area contributed by atoms with Crippen molar-refractivity contribution in [3.05, 3.63) is 0 Å². The summed E-state index contributed by atoms with van der Waals surface area (Å²) in [7, 11) is 2.09. The average Bonchev–Trinajstić information content (AvgIpc) is 2.32. The molecule has 0 N–H and O–H groups in total. The molecule has 0 aromatic heterocycles. The molecule has 3 nitrogen and oxygen atoms in total. The third kappa shape index (κ3) is 1.90. The second-order valence-electron chi connectivity index (χ2n) is 3.76. The Hall–Kier alpha value is -0.730. The molecule has 1 aliphatic heterocycles. The minimum atomic E-state index is 0.481. The van der Waals surface area contributed by atoms with Crippen LogP contribution in [0.2, 0.25) is 0 Å². The van der Waals surface area contributed by atoms with Gasteiger partial charge in [-0.15, -0.1) is 0 Å². The molecule has 0 bridgehead atoms. The van der Waals surface area contributed by atoms with E-state index in [0.717, 1.165) is 12.5 Å². The lowest BCUT2D eigenvalue weighted by Gasteiger charge is -2.28. The summed E-state index contributed by atoms with van der Waals surface area (Å²) < 4.78 is 0. The monoisotopic (exact) mass is 169 g/mol. The van der Waals surface area contributed by atoms with Crippen LogP contribution in [0.25, 0.3) is 0 Å². The second kappa shape index (κ2) is 3.78. The van der Waals surface area contributed by atoms with Crippen LogP contribution in [0.1, 0.15) is 27.2 Å². The Kier molecular flexibility index (Phi) is 2.95. The van der Waals surface area contributed by atoms with Crippen LogP contribution in [-0.4, -0.2) is 36.0 Å². The highest BCUT2D eigenvalue weighted by atomic mass is 15.6. The molecular formula is C9H19N3. The van der Waals surface area contributed by atoms with Gasteiger partial charge in [-0.05, 0) is 19.3 Å². The van der Waals surface area contributed by atoms with Gasteiger partial charge in [0.2, 0.25) is 0 Å². The van der Waals surface area contributed by atoms with Crippen molar-refractivity contribution in [2.24, 2.45) is 11.0 Å². The van der Waals surface area contributed by atoms with Gasteiger partial charge in [0.05, 0.1) is 0 Å². The number of hydrazone groups is 1. The first-order valence-electron chi connectivity index (χ1n) is 4.67. The van der Waals surface area contributed by atoms with Crippen LogP contribution >= 0.6 is 0 Å². The predicted molar refractivity (Wildman–Crippen MR) is 51.9 cm³/mol. The Bertz CT molecular complexity index is 165. The molecule has 0 saturated carbocycles. The van der Waals surface area contributed by atoms with Gasteiger partial charge in [-0.3, -0.25) is 5.01 Å². The lowest BCUT2D eigenvalue weighted by molar-refractivity contribution is 0.131. The zero-order valence-electron chi connectivity index (χ0n) is 8.49. The summed E-state index contributed by atoms with van der Waals surface area (Å²) in [5.41, 5.74) is 0. The van der Waals surface area contributed by atoms with Crippen LogP contribution in [-0.2, 0) is 0 Å². The average molecular weight is 169 g/mol. The third-order valence-corrected chi connectivity index (χ3v) is 2.20. The fourth-order valence-electron chi connectivity index (χ4n) is 1.51. The highest BCUT2D eigenvalue weighted by Gasteiger charge is 2.24. The minimum Gasteiger partial charge on any atom is -0.343 e. The van der Waals surface area contributed by atoms with Crippen molar-refractivity contribution in [1.29, 1.82) is 0 Å². The van der Waals surface area contributed by atoms with Gasteiger partial charge in [0.15, 0.2) is 0 Å². The van der Waals surface area contributed by atoms with Gasteiger partial charge < -0.3 is 4.90 Å². The molecule has 1 unspecified atom stereocenters. The highest BCUT2D eigenvalue weighted by molar-refractivity contribution is 5.56. The maximum absolute atomic E-state index is 4.30. The van der Waals surface area contributed by atoms with E-state index in [9.17, 15) is 0 Å². The van der Waals surface area contributed by atoms with Crippen molar-refractivity contribution in [2.45, 2.75) is 33.4 Å². The molecule has 1 aliphatic rings. The second-order valence-corrected chi connectivity index (χ2v) is 3.76. The van der Waals surface area contributed by atoms with Gasteiger partial charge in [-0.25, -0.2) is 0 Å². The van der Waals surface area contributed by atoms with E-state index in [1.807, 2.05) is 6.34 Å². The van der Waals surface area contributed by atoms with Gasteiger partial charge in [-0.2, -0.15) is 5.10 Å². The fourth-order valence-corrected chi connectivity index (χ4v) is 1.51. The molecule has 0 aromatic rings. The van der Waals surface area contributed by atoms with Crippen LogP contribution in [0.5, 0.6) is 0 Å². The lowest BCUT2D eigenvalue weighted by Crippen LogP contribution is -2.38. The number of nitrogens with zero attached hydrogens (tertiary/aromatic N) is 3. The zero-order valence-corrected chi connectivity index (χ0v) is 8.49. The van der Waals surface area contributed by atoms with Crippen molar-refractivity contribution in [1.82, 2.24) is 9.91 Å². The van der Waals surface area contributed by atoms with Gasteiger partial charge >= 0.3 is 0 Å². The molecule has 70 valence electrons. The molecule has 0 saturated heterocycles. The Morgan fingerprint density at radius 1 is 1.50 bits per heavy atom. The van der Waals surface area contributed by atoms with E-state index in [4.69, 9.17) is 0 Å². The molecule has 3 heteroatoms. The highest BCUT2D eigenvalue weighted by Crippen LogP contribution is 2.17. The van der Waals surface area contributed by atoms with Crippen molar-refractivity contribution in [3.63, 3.8) is 0 Å². The number of hydrogen-bond donors (Lipinski definition) is 0. The molecule has 12 heavy (non-hydrogen) atoms. The Balaban J connectivity index is 2.50. The molecule has 0 aliphatic carbocycles. The van der Waals surface area contributed by atoms with E-state index in [-0.39, 0.29) is 0 Å². The maximum atomic E-state index is 4.30. The van der Waals surface area contributed by atoms with Crippen molar-refractivity contribution < 1.29 is 0 Å². The molecule has 0 radical (unpaired) electrons. The molecule has 0 spiro atoms. The van der Waals surface area contributed by atoms with E-state index < -0.39 is 0 Å². The Labute approximate surface area is 75.0 Å². The van der Waals surface area contributed by atoms with Gasteiger partial charge in [0.1, 0.15) is 12.5 Å². The van der Waals surface area contributed by atoms with Crippen LogP contribution in [0.4, 0.5) is 0 Å². The van der Waals surface area contributed by atoms with Crippen molar-refractivity contribution >= 4 is 6.34 Å². The summed E-state index contributed by atoms with van der Waals surface area (Å²) in [6.07, 6.45) is 3.58. The molecule has 1 rings (SSSR count). The smallest absolute Gasteiger partial charge is 0.119 e.